The number of benzene rings is 3. The summed E-state index contributed by atoms with van der Waals surface area (Å²) < 4.78 is 1.85. The molecule has 2 N–H and O–H groups in total. The van der Waals surface area contributed by atoms with Crippen molar-refractivity contribution in [3.05, 3.63) is 96.3 Å². The molecule has 0 unspecified atom stereocenters. The van der Waals surface area contributed by atoms with Crippen molar-refractivity contribution in [2.75, 3.05) is 5.32 Å². The van der Waals surface area contributed by atoms with Crippen molar-refractivity contribution in [3.63, 3.8) is 0 Å². The van der Waals surface area contributed by atoms with Crippen LogP contribution >= 0.6 is 0 Å². The molecule has 0 spiro atoms. The number of nitrogens with one attached hydrogen (secondary N) is 1. The molecule has 0 aliphatic carbocycles. The standard InChI is InChI=1S/C28H27N3O/c1-28(2,3)22-10-12-23(13-11-22)31-18-21-6-4-8-25(26(21)27(31)32)30-17-19-9-14-24-20(16-19)7-5-15-29-24/h4-16,18,30,32H,17H2,1-3H3. The molecule has 2 aromatic heterocycles. The molecule has 3 aromatic carbocycles. The van der Waals surface area contributed by atoms with Gasteiger partial charge in [0, 0.05) is 41.1 Å². The number of pyridine rings is 1. The Balaban J connectivity index is 1.46. The topological polar surface area (TPSA) is 50.1 Å². The number of rotatable bonds is 4. The van der Waals surface area contributed by atoms with E-state index in [-0.39, 0.29) is 11.3 Å². The first-order valence-electron chi connectivity index (χ1n) is 10.9. The zero-order valence-electron chi connectivity index (χ0n) is 18.6. The highest BCUT2D eigenvalue weighted by molar-refractivity contribution is 5.99. The van der Waals surface area contributed by atoms with Crippen LogP contribution < -0.4 is 5.32 Å². The third-order valence-electron chi connectivity index (χ3n) is 5.98. The molecule has 0 bridgehead atoms. The van der Waals surface area contributed by atoms with Crippen LogP contribution in [0.5, 0.6) is 5.88 Å². The Morgan fingerprint density at radius 3 is 2.47 bits per heavy atom. The van der Waals surface area contributed by atoms with Gasteiger partial charge in [-0.15, -0.1) is 0 Å². The van der Waals surface area contributed by atoms with Gasteiger partial charge in [0.1, 0.15) is 0 Å². The second kappa shape index (κ2) is 7.72. The highest BCUT2D eigenvalue weighted by Crippen LogP contribution is 2.36. The largest absolute Gasteiger partial charge is 0.494 e. The Hall–Kier alpha value is -3.79. The SMILES string of the molecule is CC(C)(C)c1ccc(-n2cc3cccc(NCc4ccc5ncccc5c4)c3c2O)cc1. The molecule has 4 heteroatoms. The van der Waals surface area contributed by atoms with E-state index in [0.29, 0.717) is 6.54 Å². The van der Waals surface area contributed by atoms with E-state index in [4.69, 9.17) is 0 Å². The van der Waals surface area contributed by atoms with Gasteiger partial charge in [-0.05, 0) is 52.9 Å². The summed E-state index contributed by atoms with van der Waals surface area (Å²) in [5.74, 6) is 0.245. The van der Waals surface area contributed by atoms with Crippen LogP contribution in [-0.2, 0) is 12.0 Å². The number of aromatic hydroxyl groups is 1. The highest BCUT2D eigenvalue weighted by Gasteiger charge is 2.16. The molecule has 0 radical (unpaired) electrons. The molecule has 2 heterocycles. The molecule has 0 fully saturated rings. The lowest BCUT2D eigenvalue weighted by molar-refractivity contribution is 0.448. The van der Waals surface area contributed by atoms with Gasteiger partial charge in [-0.25, -0.2) is 0 Å². The first-order valence-corrected chi connectivity index (χ1v) is 10.9. The van der Waals surface area contributed by atoms with Crippen LogP contribution in [0.2, 0.25) is 0 Å². The van der Waals surface area contributed by atoms with Crippen LogP contribution in [0, 0.1) is 0 Å². The van der Waals surface area contributed by atoms with Crippen molar-refractivity contribution in [1.82, 2.24) is 9.55 Å². The summed E-state index contributed by atoms with van der Waals surface area (Å²) in [7, 11) is 0. The van der Waals surface area contributed by atoms with E-state index in [2.05, 4.69) is 73.5 Å². The Bertz CT molecular complexity index is 1410. The average Bonchev–Trinajstić information content (AvgIpc) is 3.14. The Labute approximate surface area is 188 Å². The summed E-state index contributed by atoms with van der Waals surface area (Å²) in [4.78, 5) is 4.39. The van der Waals surface area contributed by atoms with Crippen molar-refractivity contribution in [2.45, 2.75) is 32.7 Å². The Morgan fingerprint density at radius 2 is 1.69 bits per heavy atom. The molecule has 5 aromatic rings. The second-order valence-corrected chi connectivity index (χ2v) is 9.27. The van der Waals surface area contributed by atoms with Crippen molar-refractivity contribution in [3.8, 4) is 11.6 Å². The van der Waals surface area contributed by atoms with E-state index < -0.39 is 0 Å². The number of fused-ring (bicyclic) bond motifs is 2. The number of anilines is 1. The fourth-order valence-electron chi connectivity index (χ4n) is 4.15. The van der Waals surface area contributed by atoms with Crippen molar-refractivity contribution < 1.29 is 5.11 Å². The molecular formula is C28H27N3O. The summed E-state index contributed by atoms with van der Waals surface area (Å²) in [6.07, 6.45) is 3.80. The van der Waals surface area contributed by atoms with Crippen molar-refractivity contribution in [1.29, 1.82) is 0 Å². The van der Waals surface area contributed by atoms with Crippen LogP contribution in [0.15, 0.2) is 85.2 Å². The third-order valence-corrected chi connectivity index (χ3v) is 5.98. The van der Waals surface area contributed by atoms with Crippen LogP contribution in [0.4, 0.5) is 5.69 Å². The number of aromatic nitrogens is 2. The Morgan fingerprint density at radius 1 is 0.906 bits per heavy atom. The summed E-state index contributed by atoms with van der Waals surface area (Å²) >= 11 is 0. The molecule has 0 amide bonds. The minimum Gasteiger partial charge on any atom is -0.494 e. The Kier molecular flexibility index (Phi) is 4.86. The van der Waals surface area contributed by atoms with Gasteiger partial charge < -0.3 is 10.4 Å². The fourth-order valence-corrected chi connectivity index (χ4v) is 4.15. The minimum absolute atomic E-state index is 0.0951. The fraction of sp³-hybridized carbons (Fsp3) is 0.179. The first-order chi connectivity index (χ1) is 15.4. The minimum atomic E-state index is 0.0951. The molecule has 32 heavy (non-hydrogen) atoms. The van der Waals surface area contributed by atoms with Gasteiger partial charge in [-0.1, -0.05) is 57.2 Å². The molecule has 0 aliphatic rings. The molecule has 0 saturated heterocycles. The second-order valence-electron chi connectivity index (χ2n) is 9.27. The molecule has 5 rings (SSSR count). The quantitative estimate of drug-likeness (QED) is 0.336. The van der Waals surface area contributed by atoms with Crippen molar-refractivity contribution >= 4 is 27.4 Å². The number of hydrogen-bond acceptors (Lipinski definition) is 3. The monoisotopic (exact) mass is 421 g/mol. The van der Waals surface area contributed by atoms with E-state index in [1.807, 2.05) is 47.3 Å². The average molecular weight is 422 g/mol. The van der Waals surface area contributed by atoms with Crippen LogP contribution in [0.3, 0.4) is 0 Å². The van der Waals surface area contributed by atoms with Crippen LogP contribution in [0.25, 0.3) is 27.4 Å². The summed E-state index contributed by atoms with van der Waals surface area (Å²) in [5.41, 5.74) is 5.38. The zero-order valence-corrected chi connectivity index (χ0v) is 18.6. The van der Waals surface area contributed by atoms with Gasteiger partial charge in [0.2, 0.25) is 5.88 Å². The lowest BCUT2D eigenvalue weighted by atomic mass is 9.87. The van der Waals surface area contributed by atoms with Gasteiger partial charge in [-0.2, -0.15) is 0 Å². The zero-order chi connectivity index (χ0) is 22.3. The lowest BCUT2D eigenvalue weighted by Gasteiger charge is -2.19. The van der Waals surface area contributed by atoms with Gasteiger partial charge in [0.25, 0.3) is 0 Å². The number of hydrogen-bond donors (Lipinski definition) is 2. The van der Waals surface area contributed by atoms with E-state index >= 15 is 0 Å². The molecule has 0 aliphatic heterocycles. The third kappa shape index (κ3) is 3.69. The van der Waals surface area contributed by atoms with E-state index in [1.54, 1.807) is 0 Å². The lowest BCUT2D eigenvalue weighted by Crippen LogP contribution is -2.10. The summed E-state index contributed by atoms with van der Waals surface area (Å²) in [6, 6.07) is 24.8. The maximum atomic E-state index is 11.1. The van der Waals surface area contributed by atoms with Gasteiger partial charge in [0.05, 0.1) is 10.9 Å². The molecule has 160 valence electrons. The highest BCUT2D eigenvalue weighted by atomic mass is 16.3. The van der Waals surface area contributed by atoms with Crippen LogP contribution in [-0.4, -0.2) is 14.7 Å². The van der Waals surface area contributed by atoms with Crippen LogP contribution in [0.1, 0.15) is 31.9 Å². The molecule has 4 nitrogen and oxygen atoms in total. The normalized spacial score (nSPS) is 11.8. The molecular weight excluding hydrogens is 394 g/mol. The maximum Gasteiger partial charge on any atom is 0.205 e. The van der Waals surface area contributed by atoms with Gasteiger partial charge in [-0.3, -0.25) is 9.55 Å². The van der Waals surface area contributed by atoms with E-state index in [1.165, 1.54) is 11.1 Å². The summed E-state index contributed by atoms with van der Waals surface area (Å²) in [6.45, 7) is 7.27. The predicted octanol–water partition coefficient (Wildman–Crippen LogP) is 6.79. The summed E-state index contributed by atoms with van der Waals surface area (Å²) in [5, 5.41) is 17.6. The van der Waals surface area contributed by atoms with E-state index in [0.717, 1.165) is 33.1 Å². The van der Waals surface area contributed by atoms with Crippen molar-refractivity contribution in [2.24, 2.45) is 0 Å². The van der Waals surface area contributed by atoms with E-state index in [9.17, 15) is 5.11 Å². The first kappa shape index (κ1) is 20.1. The molecule has 0 saturated carbocycles. The number of nitrogens with zero attached hydrogens (tertiary/aromatic N) is 2. The molecule has 0 atom stereocenters. The van der Waals surface area contributed by atoms with Gasteiger partial charge >= 0.3 is 0 Å². The maximum absolute atomic E-state index is 11.1. The van der Waals surface area contributed by atoms with Gasteiger partial charge in [0.15, 0.2) is 0 Å². The predicted molar refractivity (Wildman–Crippen MR) is 133 cm³/mol. The smallest absolute Gasteiger partial charge is 0.205 e.